The zero-order valence-electron chi connectivity index (χ0n) is 18.0. The Hall–Kier alpha value is -2.14. The number of fused-ring (bicyclic) bond motifs is 1. The van der Waals surface area contributed by atoms with Crippen LogP contribution in [0.25, 0.3) is 10.8 Å². The van der Waals surface area contributed by atoms with Gasteiger partial charge in [0.2, 0.25) is 5.91 Å². The molecule has 0 aliphatic heterocycles. The number of hydrogen-bond acceptors (Lipinski definition) is 3. The molecule has 30 heavy (non-hydrogen) atoms. The van der Waals surface area contributed by atoms with Crippen LogP contribution >= 0.6 is 0 Å². The predicted molar refractivity (Wildman–Crippen MR) is 118 cm³/mol. The van der Waals surface area contributed by atoms with Crippen LogP contribution in [0.15, 0.2) is 35.3 Å². The van der Waals surface area contributed by atoms with Gasteiger partial charge in [-0.2, -0.15) is 0 Å². The number of aliphatic hydroxyl groups excluding tert-OH is 1. The number of benzene rings is 1. The highest BCUT2D eigenvalue weighted by Gasteiger charge is 2.51. The van der Waals surface area contributed by atoms with Crippen LogP contribution in [0, 0.1) is 23.2 Å². The largest absolute Gasteiger partial charge is 0.394 e. The van der Waals surface area contributed by atoms with E-state index in [2.05, 4.69) is 5.32 Å². The van der Waals surface area contributed by atoms with E-state index in [1.165, 1.54) is 38.5 Å². The molecule has 4 saturated carbocycles. The minimum atomic E-state index is -0.678. The minimum absolute atomic E-state index is 0.0734. The summed E-state index contributed by atoms with van der Waals surface area (Å²) in [5.74, 6) is 2.56. The van der Waals surface area contributed by atoms with Crippen molar-refractivity contribution < 1.29 is 9.90 Å². The lowest BCUT2D eigenvalue weighted by atomic mass is 9.49. The molecule has 2 N–H and O–H groups in total. The molecule has 0 unspecified atom stereocenters. The van der Waals surface area contributed by atoms with Crippen LogP contribution in [0.4, 0.5) is 5.69 Å². The van der Waals surface area contributed by atoms with E-state index in [0.717, 1.165) is 23.1 Å². The van der Waals surface area contributed by atoms with Crippen molar-refractivity contribution in [2.24, 2.45) is 23.2 Å². The molecule has 0 saturated heterocycles. The van der Waals surface area contributed by atoms with Crippen LogP contribution in [-0.4, -0.2) is 22.2 Å². The standard InChI is InChI=1S/C25H32N2O3/c1-24(2,15-28)27-7-6-19-20(23(27)30)4-3-5-21(19)26-22(29)14-25-11-16-8-17(12-25)10-18(9-16)13-25/h3-7,16-18,28H,8-15H2,1-2H3,(H,26,29). The quantitative estimate of drug-likeness (QED) is 0.776. The number of hydrogen-bond donors (Lipinski definition) is 2. The van der Waals surface area contributed by atoms with Gasteiger partial charge in [-0.15, -0.1) is 0 Å². The molecule has 1 aromatic heterocycles. The van der Waals surface area contributed by atoms with Crippen molar-refractivity contribution in [2.75, 3.05) is 11.9 Å². The Morgan fingerprint density at radius 3 is 2.33 bits per heavy atom. The van der Waals surface area contributed by atoms with Crippen LogP contribution in [0.2, 0.25) is 0 Å². The lowest BCUT2D eigenvalue weighted by Crippen LogP contribution is -2.47. The normalized spacial score (nSPS) is 30.0. The van der Waals surface area contributed by atoms with Gasteiger partial charge < -0.3 is 15.0 Å². The van der Waals surface area contributed by atoms with Gasteiger partial charge in [-0.1, -0.05) is 6.07 Å². The van der Waals surface area contributed by atoms with Gasteiger partial charge >= 0.3 is 0 Å². The lowest BCUT2D eigenvalue weighted by Gasteiger charge is -2.56. The Kier molecular flexibility index (Phi) is 4.58. The smallest absolute Gasteiger partial charge is 0.259 e. The molecule has 160 valence electrons. The van der Waals surface area contributed by atoms with E-state index in [-0.39, 0.29) is 23.5 Å². The van der Waals surface area contributed by atoms with Gasteiger partial charge in [-0.05, 0) is 93.7 Å². The number of rotatable bonds is 5. The van der Waals surface area contributed by atoms with Gasteiger partial charge in [-0.25, -0.2) is 0 Å². The first-order chi connectivity index (χ1) is 14.3. The zero-order chi connectivity index (χ0) is 21.1. The first kappa shape index (κ1) is 19.8. The van der Waals surface area contributed by atoms with Gasteiger partial charge in [-0.3, -0.25) is 9.59 Å². The van der Waals surface area contributed by atoms with Crippen molar-refractivity contribution in [3.05, 3.63) is 40.8 Å². The summed E-state index contributed by atoms with van der Waals surface area (Å²) >= 11 is 0. The summed E-state index contributed by atoms with van der Waals surface area (Å²) in [5, 5.41) is 14.1. The van der Waals surface area contributed by atoms with Gasteiger partial charge in [0.25, 0.3) is 5.56 Å². The number of aliphatic hydroxyl groups is 1. The van der Waals surface area contributed by atoms with Gasteiger partial charge in [0.15, 0.2) is 0 Å². The molecule has 1 amide bonds. The average molecular weight is 409 g/mol. The fourth-order valence-corrected chi connectivity index (χ4v) is 6.98. The second-order valence-electron chi connectivity index (χ2n) is 10.9. The van der Waals surface area contributed by atoms with Crippen molar-refractivity contribution in [1.29, 1.82) is 0 Å². The van der Waals surface area contributed by atoms with Crippen molar-refractivity contribution in [3.8, 4) is 0 Å². The second-order valence-corrected chi connectivity index (χ2v) is 10.9. The third kappa shape index (κ3) is 3.27. The maximum absolute atomic E-state index is 13.1. The molecule has 4 aliphatic carbocycles. The summed E-state index contributed by atoms with van der Waals surface area (Å²) in [6.45, 7) is 3.54. The molecule has 4 aliphatic rings. The summed E-state index contributed by atoms with van der Waals surface area (Å²) in [6.07, 6.45) is 10.1. The predicted octanol–water partition coefficient (Wildman–Crippen LogP) is 4.27. The Labute approximate surface area is 177 Å². The molecule has 5 heteroatoms. The summed E-state index contributed by atoms with van der Waals surface area (Å²) < 4.78 is 1.57. The fraction of sp³-hybridized carbons (Fsp3) is 0.600. The van der Waals surface area contributed by atoms with Crippen LogP contribution in [0.1, 0.15) is 58.8 Å². The molecule has 1 heterocycles. The van der Waals surface area contributed by atoms with Crippen LogP contribution in [0.3, 0.4) is 0 Å². The molecule has 6 rings (SSSR count). The van der Waals surface area contributed by atoms with E-state index in [1.54, 1.807) is 16.8 Å². The Morgan fingerprint density at radius 2 is 1.73 bits per heavy atom. The number of carbonyl (C=O) groups excluding carboxylic acids is 1. The third-order valence-electron chi connectivity index (χ3n) is 7.96. The summed E-state index contributed by atoms with van der Waals surface area (Å²) in [4.78, 5) is 26.1. The maximum atomic E-state index is 13.1. The average Bonchev–Trinajstić information content (AvgIpc) is 2.67. The molecule has 4 bridgehead atoms. The zero-order valence-corrected chi connectivity index (χ0v) is 18.0. The third-order valence-corrected chi connectivity index (χ3v) is 7.96. The first-order valence-corrected chi connectivity index (χ1v) is 11.3. The highest BCUT2D eigenvalue weighted by molar-refractivity contribution is 6.02. The molecule has 0 atom stereocenters. The second kappa shape index (κ2) is 6.94. The van der Waals surface area contributed by atoms with Gasteiger partial charge in [0, 0.05) is 29.1 Å². The number of pyridine rings is 1. The molecular formula is C25H32N2O3. The number of nitrogens with one attached hydrogen (secondary N) is 1. The topological polar surface area (TPSA) is 71.3 Å². The lowest BCUT2D eigenvalue weighted by molar-refractivity contribution is -0.124. The molecule has 1 aromatic carbocycles. The first-order valence-electron chi connectivity index (χ1n) is 11.3. The Balaban J connectivity index is 1.40. The minimum Gasteiger partial charge on any atom is -0.394 e. The number of aromatic nitrogens is 1. The highest BCUT2D eigenvalue weighted by Crippen LogP contribution is 2.61. The van der Waals surface area contributed by atoms with E-state index in [4.69, 9.17) is 0 Å². The van der Waals surface area contributed by atoms with Gasteiger partial charge in [0.1, 0.15) is 0 Å². The SMILES string of the molecule is CC(C)(CO)n1ccc2c(NC(=O)CC34CC5CC(CC(C5)C3)C4)cccc2c1=O. The van der Waals surface area contributed by atoms with Crippen LogP contribution in [0.5, 0.6) is 0 Å². The molecule has 4 fully saturated rings. The summed E-state index contributed by atoms with van der Waals surface area (Å²) in [7, 11) is 0. The molecule has 0 radical (unpaired) electrons. The van der Waals surface area contributed by atoms with Crippen molar-refractivity contribution in [2.45, 2.75) is 64.3 Å². The summed E-state index contributed by atoms with van der Waals surface area (Å²) in [6, 6.07) is 7.35. The number of carbonyl (C=O) groups is 1. The highest BCUT2D eigenvalue weighted by atomic mass is 16.3. The maximum Gasteiger partial charge on any atom is 0.259 e. The number of anilines is 1. The van der Waals surface area contributed by atoms with Crippen LogP contribution in [-0.2, 0) is 10.3 Å². The fourth-order valence-electron chi connectivity index (χ4n) is 6.98. The molecule has 0 spiro atoms. The number of amides is 1. The molecule has 5 nitrogen and oxygen atoms in total. The molecular weight excluding hydrogens is 376 g/mol. The van der Waals surface area contributed by atoms with Crippen molar-refractivity contribution in [1.82, 2.24) is 4.57 Å². The van der Waals surface area contributed by atoms with Crippen LogP contribution < -0.4 is 10.9 Å². The van der Waals surface area contributed by atoms with E-state index in [1.807, 2.05) is 32.0 Å². The Bertz CT molecular complexity index is 1020. The van der Waals surface area contributed by atoms with E-state index in [0.29, 0.717) is 17.5 Å². The Morgan fingerprint density at radius 1 is 1.10 bits per heavy atom. The molecule has 2 aromatic rings. The van der Waals surface area contributed by atoms with E-state index < -0.39 is 5.54 Å². The van der Waals surface area contributed by atoms with E-state index in [9.17, 15) is 14.7 Å². The van der Waals surface area contributed by atoms with Gasteiger partial charge in [0.05, 0.1) is 12.1 Å². The van der Waals surface area contributed by atoms with E-state index >= 15 is 0 Å². The monoisotopic (exact) mass is 408 g/mol. The summed E-state index contributed by atoms with van der Waals surface area (Å²) in [5.41, 5.74) is 0.0710. The van der Waals surface area contributed by atoms with Crippen molar-refractivity contribution >= 4 is 22.4 Å². The number of nitrogens with zero attached hydrogens (tertiary/aromatic N) is 1. The van der Waals surface area contributed by atoms with Crippen molar-refractivity contribution in [3.63, 3.8) is 0 Å².